The van der Waals surface area contributed by atoms with E-state index in [2.05, 4.69) is 0 Å². The molecule has 5 nitrogen and oxygen atoms in total. The van der Waals surface area contributed by atoms with Crippen LogP contribution in [0.2, 0.25) is 0 Å². The number of aliphatic carboxylic acids is 1. The summed E-state index contributed by atoms with van der Waals surface area (Å²) in [5.74, 6) is -0.789. The second-order valence-electron chi connectivity index (χ2n) is 2.51. The van der Waals surface area contributed by atoms with Crippen LogP contribution in [0.3, 0.4) is 0 Å². The van der Waals surface area contributed by atoms with Crippen LogP contribution < -0.4 is 5.73 Å². The fraction of sp³-hybridized carbons (Fsp3) is 0.875. The van der Waals surface area contributed by atoms with E-state index in [9.17, 15) is 4.79 Å². The zero-order valence-corrected chi connectivity index (χ0v) is 7.70. The van der Waals surface area contributed by atoms with Crippen LogP contribution in [0.5, 0.6) is 0 Å². The van der Waals surface area contributed by atoms with E-state index in [1.165, 1.54) is 0 Å². The van der Waals surface area contributed by atoms with Crippen molar-refractivity contribution in [1.29, 1.82) is 0 Å². The fourth-order valence-corrected chi connectivity index (χ4v) is 0.731. The molecule has 3 N–H and O–H groups in total. The van der Waals surface area contributed by atoms with Gasteiger partial charge in [-0.05, 0) is 6.42 Å². The molecule has 0 spiro atoms. The standard InChI is InChI=1S/C8H17NO4/c9-3-5-13-7-6-12-4-1-2-8(10)11/h1-7,9H2,(H,10,11). The van der Waals surface area contributed by atoms with Gasteiger partial charge in [0.15, 0.2) is 0 Å². The van der Waals surface area contributed by atoms with Gasteiger partial charge in [0, 0.05) is 19.6 Å². The van der Waals surface area contributed by atoms with Crippen molar-refractivity contribution in [3.63, 3.8) is 0 Å². The Bertz CT molecular complexity index is 129. The molecule has 0 aliphatic heterocycles. The number of carbonyl (C=O) groups is 1. The van der Waals surface area contributed by atoms with Gasteiger partial charge in [-0.15, -0.1) is 0 Å². The summed E-state index contributed by atoms with van der Waals surface area (Å²) in [7, 11) is 0. The van der Waals surface area contributed by atoms with Crippen molar-refractivity contribution in [2.24, 2.45) is 5.73 Å². The van der Waals surface area contributed by atoms with Crippen LogP contribution in [0.15, 0.2) is 0 Å². The molecule has 0 rings (SSSR count). The van der Waals surface area contributed by atoms with Crippen molar-refractivity contribution >= 4 is 5.97 Å². The first-order chi connectivity index (χ1) is 6.27. The van der Waals surface area contributed by atoms with Crippen LogP contribution in [-0.2, 0) is 14.3 Å². The Labute approximate surface area is 77.8 Å². The smallest absolute Gasteiger partial charge is 0.303 e. The quantitative estimate of drug-likeness (QED) is 0.495. The topological polar surface area (TPSA) is 81.8 Å². The Kier molecular flexibility index (Phi) is 8.97. The Morgan fingerprint density at radius 1 is 1.15 bits per heavy atom. The molecule has 13 heavy (non-hydrogen) atoms. The molecule has 0 heterocycles. The van der Waals surface area contributed by atoms with E-state index in [0.717, 1.165) is 0 Å². The predicted molar refractivity (Wildman–Crippen MR) is 47.6 cm³/mol. The van der Waals surface area contributed by atoms with E-state index in [0.29, 0.717) is 39.4 Å². The fourth-order valence-electron chi connectivity index (χ4n) is 0.731. The molecule has 0 saturated carbocycles. The maximum absolute atomic E-state index is 10.1. The molecular formula is C8H17NO4. The number of carboxylic acids is 1. The largest absolute Gasteiger partial charge is 0.481 e. The van der Waals surface area contributed by atoms with Gasteiger partial charge < -0.3 is 20.3 Å². The summed E-state index contributed by atoms with van der Waals surface area (Å²) in [5, 5.41) is 8.29. The van der Waals surface area contributed by atoms with Crippen molar-refractivity contribution in [2.75, 3.05) is 33.0 Å². The Morgan fingerprint density at radius 2 is 1.77 bits per heavy atom. The molecule has 0 aromatic carbocycles. The lowest BCUT2D eigenvalue weighted by molar-refractivity contribution is -0.137. The molecule has 0 amide bonds. The van der Waals surface area contributed by atoms with Crippen molar-refractivity contribution in [3.8, 4) is 0 Å². The lowest BCUT2D eigenvalue weighted by Gasteiger charge is -2.03. The third-order valence-corrected chi connectivity index (χ3v) is 1.31. The lowest BCUT2D eigenvalue weighted by atomic mass is 10.3. The number of rotatable bonds is 9. The highest BCUT2D eigenvalue weighted by Crippen LogP contribution is 1.89. The molecule has 0 aliphatic rings. The van der Waals surface area contributed by atoms with Crippen LogP contribution in [-0.4, -0.2) is 44.0 Å². The molecule has 0 fully saturated rings. The van der Waals surface area contributed by atoms with E-state index in [-0.39, 0.29) is 6.42 Å². The van der Waals surface area contributed by atoms with Crippen molar-refractivity contribution in [2.45, 2.75) is 12.8 Å². The second-order valence-corrected chi connectivity index (χ2v) is 2.51. The number of nitrogens with two attached hydrogens (primary N) is 1. The first-order valence-electron chi connectivity index (χ1n) is 4.34. The van der Waals surface area contributed by atoms with Crippen molar-refractivity contribution < 1.29 is 19.4 Å². The highest BCUT2D eigenvalue weighted by atomic mass is 16.5. The van der Waals surface area contributed by atoms with Crippen LogP contribution >= 0.6 is 0 Å². The van der Waals surface area contributed by atoms with Gasteiger partial charge in [0.1, 0.15) is 0 Å². The SMILES string of the molecule is NCCOCCOCCCC(=O)O. The van der Waals surface area contributed by atoms with Gasteiger partial charge in [-0.2, -0.15) is 0 Å². The second kappa shape index (κ2) is 9.44. The first-order valence-corrected chi connectivity index (χ1v) is 4.34. The van der Waals surface area contributed by atoms with E-state index in [4.69, 9.17) is 20.3 Å². The van der Waals surface area contributed by atoms with E-state index in [1.54, 1.807) is 0 Å². The molecule has 0 aromatic heterocycles. The summed E-state index contributed by atoms with van der Waals surface area (Å²) in [5.41, 5.74) is 5.19. The predicted octanol–water partition coefficient (Wildman–Crippen LogP) is -0.157. The van der Waals surface area contributed by atoms with Gasteiger partial charge in [0.25, 0.3) is 0 Å². The summed E-state index contributed by atoms with van der Waals surface area (Å²) >= 11 is 0. The van der Waals surface area contributed by atoms with Gasteiger partial charge in [0.05, 0.1) is 19.8 Å². The Hall–Kier alpha value is -0.650. The monoisotopic (exact) mass is 191 g/mol. The van der Waals surface area contributed by atoms with Crippen molar-refractivity contribution in [3.05, 3.63) is 0 Å². The normalized spacial score (nSPS) is 10.2. The van der Waals surface area contributed by atoms with Crippen LogP contribution in [0.1, 0.15) is 12.8 Å². The van der Waals surface area contributed by atoms with E-state index >= 15 is 0 Å². The minimum atomic E-state index is -0.789. The minimum absolute atomic E-state index is 0.156. The molecule has 0 saturated heterocycles. The lowest BCUT2D eigenvalue weighted by Crippen LogP contribution is -2.12. The zero-order chi connectivity index (χ0) is 9.94. The third-order valence-electron chi connectivity index (χ3n) is 1.31. The third kappa shape index (κ3) is 11.3. The Morgan fingerprint density at radius 3 is 2.31 bits per heavy atom. The van der Waals surface area contributed by atoms with E-state index in [1.807, 2.05) is 0 Å². The molecule has 0 bridgehead atoms. The molecule has 5 heteroatoms. The molecule has 0 atom stereocenters. The summed E-state index contributed by atoms with van der Waals surface area (Å²) in [6.07, 6.45) is 0.704. The average molecular weight is 191 g/mol. The molecule has 0 radical (unpaired) electrons. The highest BCUT2D eigenvalue weighted by Gasteiger charge is 1.95. The van der Waals surface area contributed by atoms with Gasteiger partial charge in [-0.25, -0.2) is 0 Å². The molecular weight excluding hydrogens is 174 g/mol. The van der Waals surface area contributed by atoms with Gasteiger partial charge >= 0.3 is 5.97 Å². The molecule has 78 valence electrons. The maximum atomic E-state index is 10.1. The Balaban J connectivity index is 2.87. The van der Waals surface area contributed by atoms with E-state index < -0.39 is 5.97 Å². The zero-order valence-electron chi connectivity index (χ0n) is 7.70. The summed E-state index contributed by atoms with van der Waals surface area (Å²) in [6.45, 7) is 2.54. The minimum Gasteiger partial charge on any atom is -0.481 e. The maximum Gasteiger partial charge on any atom is 0.303 e. The van der Waals surface area contributed by atoms with Crippen LogP contribution in [0.4, 0.5) is 0 Å². The van der Waals surface area contributed by atoms with Gasteiger partial charge in [-0.1, -0.05) is 0 Å². The van der Waals surface area contributed by atoms with Gasteiger partial charge in [-0.3, -0.25) is 4.79 Å². The van der Waals surface area contributed by atoms with Crippen LogP contribution in [0.25, 0.3) is 0 Å². The summed E-state index contributed by atoms with van der Waals surface area (Å²) in [6, 6.07) is 0. The van der Waals surface area contributed by atoms with Crippen LogP contribution in [0, 0.1) is 0 Å². The highest BCUT2D eigenvalue weighted by molar-refractivity contribution is 5.66. The molecule has 0 unspecified atom stereocenters. The molecule has 0 aliphatic carbocycles. The average Bonchev–Trinajstić information content (AvgIpc) is 2.09. The number of carboxylic acid groups (broad SMARTS) is 1. The summed E-state index contributed by atoms with van der Waals surface area (Å²) < 4.78 is 10.1. The number of hydrogen-bond donors (Lipinski definition) is 2. The number of hydrogen-bond acceptors (Lipinski definition) is 4. The molecule has 0 aromatic rings. The van der Waals surface area contributed by atoms with Gasteiger partial charge in [0.2, 0.25) is 0 Å². The number of ether oxygens (including phenoxy) is 2. The summed E-state index contributed by atoms with van der Waals surface area (Å²) in [4.78, 5) is 10.1. The first kappa shape index (κ1) is 12.3. The van der Waals surface area contributed by atoms with Crippen molar-refractivity contribution in [1.82, 2.24) is 0 Å².